The van der Waals surface area contributed by atoms with Crippen molar-refractivity contribution in [2.45, 2.75) is 327 Å². The first-order chi connectivity index (χ1) is 28.6. The van der Waals surface area contributed by atoms with Gasteiger partial charge in [-0.05, 0) is 12.8 Å². The van der Waals surface area contributed by atoms with Gasteiger partial charge in [-0.25, -0.2) is 0 Å². The van der Waals surface area contributed by atoms with Crippen LogP contribution in [0.3, 0.4) is 0 Å². The van der Waals surface area contributed by atoms with Crippen LogP contribution in [-0.4, -0.2) is 46.1 Å². The van der Waals surface area contributed by atoms with Crippen molar-refractivity contribution >= 4 is 5.91 Å². The van der Waals surface area contributed by atoms with Gasteiger partial charge in [0.25, 0.3) is 0 Å². The molecule has 0 aliphatic carbocycles. The minimum atomic E-state index is -1.13. The van der Waals surface area contributed by atoms with Crippen LogP contribution in [0, 0.1) is 0 Å². The molecule has 0 aliphatic heterocycles. The lowest BCUT2D eigenvalue weighted by Gasteiger charge is -2.26. The highest BCUT2D eigenvalue weighted by Gasteiger charge is 2.26. The van der Waals surface area contributed by atoms with Crippen LogP contribution in [0.15, 0.2) is 0 Å². The molecule has 3 atom stereocenters. The fourth-order valence-electron chi connectivity index (χ4n) is 8.81. The third kappa shape index (κ3) is 43.4. The van der Waals surface area contributed by atoms with Crippen LogP contribution in [0.25, 0.3) is 0 Å². The second-order valence-electron chi connectivity index (χ2n) is 18.8. The molecule has 4 N–H and O–H groups in total. The van der Waals surface area contributed by atoms with Crippen molar-refractivity contribution in [2.75, 3.05) is 6.61 Å². The summed E-state index contributed by atoms with van der Waals surface area (Å²) < 4.78 is 0. The zero-order valence-corrected chi connectivity index (χ0v) is 39.7. The predicted molar refractivity (Wildman–Crippen MR) is 255 cm³/mol. The summed E-state index contributed by atoms with van der Waals surface area (Å²) in [7, 11) is 0. The van der Waals surface area contributed by atoms with Crippen LogP contribution < -0.4 is 5.32 Å². The standard InChI is InChI=1S/C53H107NO4/c1-3-5-7-9-11-13-15-17-19-21-22-23-24-25-26-27-28-29-30-31-32-34-36-38-40-42-44-46-48-52(57)54-50(49-55)53(58)51(56)47-45-43-41-39-37-35-33-20-18-16-14-12-10-8-6-4-2/h50-51,53,55-56,58H,3-49H2,1-2H3,(H,54,57)/t50-,51+,53-/m0/s1. The summed E-state index contributed by atoms with van der Waals surface area (Å²) >= 11 is 0. The number of nitrogens with one attached hydrogen (secondary N) is 1. The zero-order valence-electron chi connectivity index (χ0n) is 39.7. The molecule has 0 aliphatic rings. The third-order valence-electron chi connectivity index (χ3n) is 13.0. The lowest BCUT2D eigenvalue weighted by molar-refractivity contribution is -0.124. The Morgan fingerprint density at radius 2 is 0.586 bits per heavy atom. The molecule has 0 spiro atoms. The zero-order chi connectivity index (χ0) is 42.3. The molecule has 0 aromatic heterocycles. The lowest BCUT2D eigenvalue weighted by Crippen LogP contribution is -2.50. The number of carbonyl (C=O) groups is 1. The topological polar surface area (TPSA) is 89.8 Å². The van der Waals surface area contributed by atoms with Gasteiger partial charge >= 0.3 is 0 Å². The average Bonchev–Trinajstić information content (AvgIpc) is 3.23. The molecule has 0 aromatic rings. The van der Waals surface area contributed by atoms with E-state index in [1.54, 1.807) is 0 Å². The van der Waals surface area contributed by atoms with Crippen LogP contribution >= 0.6 is 0 Å². The van der Waals surface area contributed by atoms with Crippen LogP contribution in [0.1, 0.15) is 309 Å². The predicted octanol–water partition coefficient (Wildman–Crippen LogP) is 16.2. The molecule has 5 nitrogen and oxygen atoms in total. The Hall–Kier alpha value is -0.650. The van der Waals surface area contributed by atoms with Crippen molar-refractivity contribution in [3.8, 4) is 0 Å². The highest BCUT2D eigenvalue weighted by atomic mass is 16.3. The number of carbonyl (C=O) groups excluding carboxylic acids is 1. The van der Waals surface area contributed by atoms with Crippen molar-refractivity contribution in [3.05, 3.63) is 0 Å². The maximum absolute atomic E-state index is 12.5. The molecule has 0 heterocycles. The Bertz CT molecular complexity index is 777. The third-order valence-corrected chi connectivity index (χ3v) is 13.0. The summed E-state index contributed by atoms with van der Waals surface area (Å²) in [5, 5.41) is 33.7. The van der Waals surface area contributed by atoms with Crippen molar-refractivity contribution in [2.24, 2.45) is 0 Å². The van der Waals surface area contributed by atoms with E-state index in [-0.39, 0.29) is 12.5 Å². The summed E-state index contributed by atoms with van der Waals surface area (Å²) in [6.07, 6.45) is 58.2. The van der Waals surface area contributed by atoms with Crippen molar-refractivity contribution in [1.82, 2.24) is 5.32 Å². The van der Waals surface area contributed by atoms with E-state index in [4.69, 9.17) is 0 Å². The molecule has 0 saturated heterocycles. The number of aliphatic hydroxyl groups excluding tert-OH is 3. The van der Waals surface area contributed by atoms with E-state index in [0.717, 1.165) is 32.1 Å². The number of hydrogen-bond donors (Lipinski definition) is 4. The molecule has 0 aromatic carbocycles. The van der Waals surface area contributed by atoms with Gasteiger partial charge in [-0.1, -0.05) is 290 Å². The van der Waals surface area contributed by atoms with E-state index in [0.29, 0.717) is 12.8 Å². The second-order valence-corrected chi connectivity index (χ2v) is 18.8. The molecule has 1 amide bonds. The Balaban J connectivity index is 3.48. The van der Waals surface area contributed by atoms with Crippen LogP contribution in [0.2, 0.25) is 0 Å². The summed E-state index contributed by atoms with van der Waals surface area (Å²) in [5.41, 5.74) is 0. The molecule has 0 unspecified atom stereocenters. The number of amides is 1. The molecule has 0 radical (unpaired) electrons. The first kappa shape index (κ1) is 57.3. The minimum Gasteiger partial charge on any atom is -0.394 e. The summed E-state index contributed by atoms with van der Waals surface area (Å²) in [6.45, 7) is 4.22. The largest absolute Gasteiger partial charge is 0.394 e. The molecule has 0 fully saturated rings. The number of hydrogen-bond acceptors (Lipinski definition) is 4. The Morgan fingerprint density at radius 1 is 0.362 bits per heavy atom. The van der Waals surface area contributed by atoms with E-state index in [9.17, 15) is 20.1 Å². The Kier molecular flexibility index (Phi) is 48.5. The van der Waals surface area contributed by atoms with Gasteiger partial charge in [0.2, 0.25) is 5.91 Å². The van der Waals surface area contributed by atoms with Crippen molar-refractivity contribution < 1.29 is 20.1 Å². The fourth-order valence-corrected chi connectivity index (χ4v) is 8.81. The Labute approximate surface area is 364 Å². The van der Waals surface area contributed by atoms with E-state index in [2.05, 4.69) is 19.2 Å². The van der Waals surface area contributed by atoms with Gasteiger partial charge in [-0.3, -0.25) is 4.79 Å². The summed E-state index contributed by atoms with van der Waals surface area (Å²) in [5.74, 6) is -0.137. The highest BCUT2D eigenvalue weighted by molar-refractivity contribution is 5.76. The van der Waals surface area contributed by atoms with Gasteiger partial charge in [-0.2, -0.15) is 0 Å². The highest BCUT2D eigenvalue weighted by Crippen LogP contribution is 2.18. The summed E-state index contributed by atoms with van der Waals surface area (Å²) in [6, 6.07) is -0.803. The van der Waals surface area contributed by atoms with E-state index in [1.165, 1.54) is 250 Å². The second kappa shape index (κ2) is 49.0. The lowest BCUT2D eigenvalue weighted by atomic mass is 9.99. The molecule has 0 bridgehead atoms. The first-order valence-electron chi connectivity index (χ1n) is 26.8. The average molecular weight is 822 g/mol. The van der Waals surface area contributed by atoms with Crippen molar-refractivity contribution in [1.29, 1.82) is 0 Å². The molecule has 0 saturated carbocycles. The number of unbranched alkanes of at least 4 members (excludes halogenated alkanes) is 42. The number of aliphatic hydroxyl groups is 3. The molecular formula is C53H107NO4. The Morgan fingerprint density at radius 3 is 0.828 bits per heavy atom. The molecule has 0 rings (SSSR count). The SMILES string of the molecule is CCCCCCCCCCCCCCCCCCCCCCCCCCCCCCC(=O)N[C@@H](CO)[C@H](O)[C@H](O)CCCCCCCCCCCCCCCCCC. The number of rotatable bonds is 50. The molecular weight excluding hydrogens is 715 g/mol. The maximum Gasteiger partial charge on any atom is 0.220 e. The van der Waals surface area contributed by atoms with E-state index < -0.39 is 18.2 Å². The van der Waals surface area contributed by atoms with Crippen LogP contribution in [-0.2, 0) is 4.79 Å². The van der Waals surface area contributed by atoms with Gasteiger partial charge in [0.1, 0.15) is 6.10 Å². The van der Waals surface area contributed by atoms with Gasteiger partial charge < -0.3 is 20.6 Å². The smallest absolute Gasteiger partial charge is 0.220 e. The maximum atomic E-state index is 12.5. The van der Waals surface area contributed by atoms with Gasteiger partial charge in [0.15, 0.2) is 0 Å². The van der Waals surface area contributed by atoms with E-state index in [1.807, 2.05) is 0 Å². The van der Waals surface area contributed by atoms with Crippen molar-refractivity contribution in [3.63, 3.8) is 0 Å². The van der Waals surface area contributed by atoms with Crippen LogP contribution in [0.5, 0.6) is 0 Å². The monoisotopic (exact) mass is 822 g/mol. The van der Waals surface area contributed by atoms with Gasteiger partial charge in [0.05, 0.1) is 18.8 Å². The quantitative estimate of drug-likeness (QED) is 0.0460. The minimum absolute atomic E-state index is 0.137. The molecule has 5 heteroatoms. The fraction of sp³-hybridized carbons (Fsp3) is 0.981. The first-order valence-corrected chi connectivity index (χ1v) is 26.8. The van der Waals surface area contributed by atoms with Crippen LogP contribution in [0.4, 0.5) is 0 Å². The van der Waals surface area contributed by atoms with Gasteiger partial charge in [-0.15, -0.1) is 0 Å². The van der Waals surface area contributed by atoms with Gasteiger partial charge in [0, 0.05) is 6.42 Å². The van der Waals surface area contributed by atoms with E-state index >= 15 is 0 Å². The normalized spacial score (nSPS) is 13.3. The molecule has 348 valence electrons. The summed E-state index contributed by atoms with van der Waals surface area (Å²) in [4.78, 5) is 12.5. The molecule has 58 heavy (non-hydrogen) atoms.